The Morgan fingerprint density at radius 1 is 1.24 bits per heavy atom. The molecular formula is C17H25BrN2O. The van der Waals surface area contributed by atoms with Gasteiger partial charge in [0, 0.05) is 21.8 Å². The maximum Gasteiger partial charge on any atom is 0.251 e. The molecule has 1 fully saturated rings. The van der Waals surface area contributed by atoms with Gasteiger partial charge in [-0.3, -0.25) is 4.79 Å². The SMILES string of the molecule is CC1(C)CC(NC(=O)c2ccc(Br)c(N)c2)CC(C)(C)C1. The first-order valence-electron chi connectivity index (χ1n) is 7.44. The van der Waals surface area contributed by atoms with Gasteiger partial charge in [-0.25, -0.2) is 0 Å². The number of hydrogen-bond acceptors (Lipinski definition) is 2. The molecule has 0 aliphatic heterocycles. The van der Waals surface area contributed by atoms with Gasteiger partial charge in [-0.05, 0) is 64.2 Å². The number of carbonyl (C=O) groups excluding carboxylic acids is 1. The Labute approximate surface area is 135 Å². The van der Waals surface area contributed by atoms with Crippen LogP contribution in [0.2, 0.25) is 0 Å². The molecule has 1 aromatic rings. The first-order chi connectivity index (χ1) is 9.58. The van der Waals surface area contributed by atoms with E-state index in [1.54, 1.807) is 12.1 Å². The van der Waals surface area contributed by atoms with Crippen LogP contribution in [0.15, 0.2) is 22.7 Å². The van der Waals surface area contributed by atoms with Gasteiger partial charge in [-0.2, -0.15) is 0 Å². The number of halogens is 1. The topological polar surface area (TPSA) is 55.1 Å². The second-order valence-corrected chi connectivity index (χ2v) is 8.67. The first-order valence-corrected chi connectivity index (χ1v) is 8.23. The van der Waals surface area contributed by atoms with Crippen LogP contribution in [0.3, 0.4) is 0 Å². The fourth-order valence-corrected chi connectivity index (χ4v) is 4.15. The van der Waals surface area contributed by atoms with Crippen LogP contribution in [0.4, 0.5) is 5.69 Å². The molecule has 0 bridgehead atoms. The van der Waals surface area contributed by atoms with Crippen molar-refractivity contribution < 1.29 is 4.79 Å². The van der Waals surface area contributed by atoms with E-state index in [2.05, 4.69) is 48.9 Å². The molecule has 0 aromatic heterocycles. The Morgan fingerprint density at radius 2 is 1.81 bits per heavy atom. The van der Waals surface area contributed by atoms with E-state index in [4.69, 9.17) is 5.73 Å². The molecule has 0 spiro atoms. The highest BCUT2D eigenvalue weighted by molar-refractivity contribution is 9.10. The minimum absolute atomic E-state index is 0.0345. The molecule has 0 unspecified atom stereocenters. The van der Waals surface area contributed by atoms with Crippen molar-refractivity contribution in [2.75, 3.05) is 5.73 Å². The molecule has 21 heavy (non-hydrogen) atoms. The summed E-state index contributed by atoms with van der Waals surface area (Å²) in [4.78, 5) is 12.4. The molecule has 1 aliphatic rings. The number of rotatable bonds is 2. The van der Waals surface area contributed by atoms with E-state index >= 15 is 0 Å². The van der Waals surface area contributed by atoms with Gasteiger partial charge < -0.3 is 11.1 Å². The predicted molar refractivity (Wildman–Crippen MR) is 91.2 cm³/mol. The van der Waals surface area contributed by atoms with Crippen LogP contribution >= 0.6 is 15.9 Å². The fourth-order valence-electron chi connectivity index (χ4n) is 3.90. The van der Waals surface area contributed by atoms with Gasteiger partial charge in [-0.15, -0.1) is 0 Å². The molecule has 1 aromatic carbocycles. The van der Waals surface area contributed by atoms with Crippen molar-refractivity contribution in [1.29, 1.82) is 0 Å². The van der Waals surface area contributed by atoms with Gasteiger partial charge in [0.1, 0.15) is 0 Å². The van der Waals surface area contributed by atoms with Gasteiger partial charge in [0.05, 0.1) is 0 Å². The highest BCUT2D eigenvalue weighted by atomic mass is 79.9. The van der Waals surface area contributed by atoms with Crippen molar-refractivity contribution in [3.8, 4) is 0 Å². The van der Waals surface area contributed by atoms with Crippen molar-refractivity contribution in [2.45, 2.75) is 53.0 Å². The maximum atomic E-state index is 12.4. The van der Waals surface area contributed by atoms with Crippen molar-refractivity contribution in [3.05, 3.63) is 28.2 Å². The Balaban J connectivity index is 2.10. The van der Waals surface area contributed by atoms with Crippen molar-refractivity contribution in [3.63, 3.8) is 0 Å². The fraction of sp³-hybridized carbons (Fsp3) is 0.588. The average molecular weight is 353 g/mol. The summed E-state index contributed by atoms with van der Waals surface area (Å²) >= 11 is 3.35. The number of nitrogen functional groups attached to an aromatic ring is 1. The summed E-state index contributed by atoms with van der Waals surface area (Å²) < 4.78 is 0.819. The summed E-state index contributed by atoms with van der Waals surface area (Å²) in [6.07, 6.45) is 3.24. The summed E-state index contributed by atoms with van der Waals surface area (Å²) in [5, 5.41) is 3.18. The Bertz CT molecular complexity index is 536. The number of amides is 1. The number of benzene rings is 1. The minimum atomic E-state index is -0.0345. The predicted octanol–water partition coefficient (Wildman–Crippen LogP) is 4.37. The Morgan fingerprint density at radius 3 is 2.33 bits per heavy atom. The lowest BCUT2D eigenvalue weighted by molar-refractivity contribution is 0.0713. The second kappa shape index (κ2) is 5.64. The molecule has 4 heteroatoms. The van der Waals surface area contributed by atoms with E-state index in [9.17, 15) is 4.79 Å². The smallest absolute Gasteiger partial charge is 0.251 e. The molecule has 1 saturated carbocycles. The van der Waals surface area contributed by atoms with Crippen molar-refractivity contribution in [2.24, 2.45) is 10.8 Å². The van der Waals surface area contributed by atoms with E-state index in [1.165, 1.54) is 6.42 Å². The normalized spacial score (nSPS) is 21.0. The lowest BCUT2D eigenvalue weighted by Gasteiger charge is -2.45. The quantitative estimate of drug-likeness (QED) is 0.776. The monoisotopic (exact) mass is 352 g/mol. The molecule has 0 saturated heterocycles. The number of hydrogen-bond donors (Lipinski definition) is 2. The van der Waals surface area contributed by atoms with Crippen LogP contribution in [0.1, 0.15) is 57.3 Å². The van der Waals surface area contributed by atoms with Crippen LogP contribution in [-0.2, 0) is 0 Å². The Hall–Kier alpha value is -1.03. The Kier molecular flexibility index (Phi) is 4.39. The highest BCUT2D eigenvalue weighted by Gasteiger charge is 2.38. The van der Waals surface area contributed by atoms with E-state index in [0.717, 1.165) is 17.3 Å². The summed E-state index contributed by atoms with van der Waals surface area (Å²) in [5.74, 6) is -0.0345. The molecule has 2 rings (SSSR count). The zero-order valence-corrected chi connectivity index (χ0v) is 14.9. The third kappa shape index (κ3) is 4.22. The third-order valence-corrected chi connectivity index (χ3v) is 4.87. The third-order valence-electron chi connectivity index (χ3n) is 4.15. The molecule has 1 aliphatic carbocycles. The number of nitrogens with one attached hydrogen (secondary N) is 1. The molecule has 116 valence electrons. The average Bonchev–Trinajstić information content (AvgIpc) is 2.28. The van der Waals surface area contributed by atoms with Crippen molar-refractivity contribution >= 4 is 27.5 Å². The van der Waals surface area contributed by atoms with Crippen LogP contribution in [-0.4, -0.2) is 11.9 Å². The summed E-state index contributed by atoms with van der Waals surface area (Å²) in [5.41, 5.74) is 7.59. The second-order valence-electron chi connectivity index (χ2n) is 7.82. The van der Waals surface area contributed by atoms with Crippen LogP contribution in [0.25, 0.3) is 0 Å². The molecule has 0 heterocycles. The molecular weight excluding hydrogens is 328 g/mol. The molecule has 3 nitrogen and oxygen atoms in total. The lowest BCUT2D eigenvalue weighted by atomic mass is 9.63. The maximum absolute atomic E-state index is 12.4. The minimum Gasteiger partial charge on any atom is -0.398 e. The first kappa shape index (κ1) is 16.3. The lowest BCUT2D eigenvalue weighted by Crippen LogP contribution is -2.46. The van der Waals surface area contributed by atoms with Crippen LogP contribution in [0.5, 0.6) is 0 Å². The largest absolute Gasteiger partial charge is 0.398 e. The zero-order valence-electron chi connectivity index (χ0n) is 13.3. The standard InChI is InChI=1S/C17H25BrN2O/c1-16(2)8-12(9-17(3,4)10-16)20-15(21)11-5-6-13(18)14(19)7-11/h5-7,12H,8-10,19H2,1-4H3,(H,20,21). The summed E-state index contributed by atoms with van der Waals surface area (Å²) in [6, 6.07) is 5.56. The number of anilines is 1. The molecule has 3 N–H and O–H groups in total. The van der Waals surface area contributed by atoms with Gasteiger partial charge in [-0.1, -0.05) is 27.7 Å². The molecule has 0 radical (unpaired) electrons. The van der Waals surface area contributed by atoms with Gasteiger partial charge >= 0.3 is 0 Å². The summed E-state index contributed by atoms with van der Waals surface area (Å²) in [6.45, 7) is 9.13. The van der Waals surface area contributed by atoms with Crippen LogP contribution in [0, 0.1) is 10.8 Å². The molecule has 0 atom stereocenters. The van der Waals surface area contributed by atoms with Gasteiger partial charge in [0.25, 0.3) is 5.91 Å². The van der Waals surface area contributed by atoms with Crippen molar-refractivity contribution in [1.82, 2.24) is 5.32 Å². The van der Waals surface area contributed by atoms with Gasteiger partial charge in [0.2, 0.25) is 0 Å². The van der Waals surface area contributed by atoms with Crippen LogP contribution < -0.4 is 11.1 Å². The summed E-state index contributed by atoms with van der Waals surface area (Å²) in [7, 11) is 0. The van der Waals surface area contributed by atoms with E-state index in [1.807, 2.05) is 6.07 Å². The number of nitrogens with two attached hydrogens (primary N) is 1. The zero-order chi connectivity index (χ0) is 15.8. The molecule has 1 amide bonds. The highest BCUT2D eigenvalue weighted by Crippen LogP contribution is 2.45. The van der Waals surface area contributed by atoms with Gasteiger partial charge in [0.15, 0.2) is 0 Å². The van der Waals surface area contributed by atoms with E-state index in [-0.39, 0.29) is 22.8 Å². The van der Waals surface area contributed by atoms with E-state index < -0.39 is 0 Å². The van der Waals surface area contributed by atoms with E-state index in [0.29, 0.717) is 11.3 Å². The number of carbonyl (C=O) groups is 1.